The fourth-order valence-electron chi connectivity index (χ4n) is 4.94. The summed E-state index contributed by atoms with van der Waals surface area (Å²) in [7, 11) is -2.09. The van der Waals surface area contributed by atoms with Gasteiger partial charge in [-0.15, -0.1) is 0 Å². The number of esters is 1. The third-order valence-electron chi connectivity index (χ3n) is 6.69. The van der Waals surface area contributed by atoms with Crippen LogP contribution in [0.1, 0.15) is 29.0 Å². The Morgan fingerprint density at radius 2 is 1.42 bits per heavy atom. The Labute approximate surface area is 212 Å². The van der Waals surface area contributed by atoms with E-state index in [-0.39, 0.29) is 36.3 Å². The Balaban J connectivity index is 1.55. The van der Waals surface area contributed by atoms with Crippen LogP contribution in [0.5, 0.6) is 0 Å². The normalized spacial score (nSPS) is 17.8. The average molecular weight is 506 g/mol. The number of hydrogen-bond donors (Lipinski definition) is 0. The van der Waals surface area contributed by atoms with Crippen molar-refractivity contribution < 1.29 is 22.7 Å². The number of benzene rings is 3. The summed E-state index contributed by atoms with van der Waals surface area (Å²) in [5, 5.41) is 0. The maximum Gasteiger partial charge on any atom is 0.328 e. The van der Waals surface area contributed by atoms with Gasteiger partial charge in [0, 0.05) is 6.54 Å². The molecule has 0 N–H and O–H groups in total. The van der Waals surface area contributed by atoms with Gasteiger partial charge in [-0.25, -0.2) is 13.2 Å². The summed E-state index contributed by atoms with van der Waals surface area (Å²) < 4.78 is 30.9. The molecule has 1 aliphatic rings. The smallest absolute Gasteiger partial charge is 0.328 e. The lowest BCUT2D eigenvalue weighted by molar-refractivity contribution is -0.151. The number of likely N-dealkylation sites (tertiary alicyclic amines) is 1. The minimum Gasteiger partial charge on any atom is -0.467 e. The lowest BCUT2D eigenvalue weighted by Gasteiger charge is -2.28. The first-order valence-corrected chi connectivity index (χ1v) is 13.9. The molecule has 7 heteroatoms. The van der Waals surface area contributed by atoms with Crippen molar-refractivity contribution in [2.24, 2.45) is 5.92 Å². The van der Waals surface area contributed by atoms with Gasteiger partial charge in [-0.3, -0.25) is 4.79 Å². The van der Waals surface area contributed by atoms with Crippen molar-refractivity contribution in [1.82, 2.24) is 4.90 Å². The Morgan fingerprint density at radius 1 is 0.889 bits per heavy atom. The standard InChI is InChI=1S/C29H31NO5S/c1-35-29(32)26-19-23(21-36(33,34)18-17-22-11-5-2-6-12-22)20-30(26)28(31)27(24-13-7-3-8-14-24)25-15-9-4-10-16-25/h2-16,23,26-27H,17-21H2,1H3/t23-,26-/m0/s1. The zero-order chi connectivity index (χ0) is 25.5. The molecular weight excluding hydrogens is 474 g/mol. The Hall–Kier alpha value is -3.45. The van der Waals surface area contributed by atoms with E-state index in [0.29, 0.717) is 6.42 Å². The maximum atomic E-state index is 14.0. The van der Waals surface area contributed by atoms with E-state index in [1.54, 1.807) is 0 Å². The number of methoxy groups -OCH3 is 1. The molecule has 1 saturated heterocycles. The van der Waals surface area contributed by atoms with Crippen LogP contribution in [-0.2, 0) is 30.6 Å². The fraction of sp³-hybridized carbons (Fsp3) is 0.310. The van der Waals surface area contributed by atoms with Gasteiger partial charge in [-0.2, -0.15) is 0 Å². The molecule has 6 nitrogen and oxygen atoms in total. The van der Waals surface area contributed by atoms with Crippen LogP contribution in [0.3, 0.4) is 0 Å². The molecule has 0 bridgehead atoms. The van der Waals surface area contributed by atoms with Crippen LogP contribution < -0.4 is 0 Å². The Bertz CT molecular complexity index is 1220. The topological polar surface area (TPSA) is 80.8 Å². The van der Waals surface area contributed by atoms with Gasteiger partial charge >= 0.3 is 5.97 Å². The van der Waals surface area contributed by atoms with E-state index >= 15 is 0 Å². The van der Waals surface area contributed by atoms with Crippen LogP contribution in [0.4, 0.5) is 0 Å². The lowest BCUT2D eigenvalue weighted by Crippen LogP contribution is -2.43. The zero-order valence-electron chi connectivity index (χ0n) is 20.3. The largest absolute Gasteiger partial charge is 0.467 e. The van der Waals surface area contributed by atoms with Crippen LogP contribution in [0.2, 0.25) is 0 Å². The van der Waals surface area contributed by atoms with Crippen molar-refractivity contribution in [1.29, 1.82) is 0 Å². The number of aryl methyl sites for hydroxylation is 1. The minimum absolute atomic E-state index is 0.0288. The molecule has 0 aliphatic carbocycles. The predicted molar refractivity (Wildman–Crippen MR) is 139 cm³/mol. The molecule has 0 aromatic heterocycles. The van der Waals surface area contributed by atoms with E-state index in [1.165, 1.54) is 12.0 Å². The second kappa shape index (κ2) is 11.5. The molecular formula is C29H31NO5S. The van der Waals surface area contributed by atoms with Crippen molar-refractivity contribution >= 4 is 21.7 Å². The summed E-state index contributed by atoms with van der Waals surface area (Å²) in [5.41, 5.74) is 2.60. The summed E-state index contributed by atoms with van der Waals surface area (Å²) in [6.07, 6.45) is 0.697. The van der Waals surface area contributed by atoms with E-state index in [9.17, 15) is 18.0 Å². The number of amides is 1. The molecule has 1 heterocycles. The highest BCUT2D eigenvalue weighted by Crippen LogP contribution is 2.33. The van der Waals surface area contributed by atoms with Crippen LogP contribution in [0, 0.1) is 5.92 Å². The fourth-order valence-corrected chi connectivity index (χ4v) is 6.61. The van der Waals surface area contributed by atoms with Gasteiger partial charge < -0.3 is 9.64 Å². The molecule has 1 amide bonds. The quantitative estimate of drug-likeness (QED) is 0.413. The van der Waals surface area contributed by atoms with Crippen molar-refractivity contribution in [3.8, 4) is 0 Å². The molecule has 36 heavy (non-hydrogen) atoms. The summed E-state index contributed by atoms with van der Waals surface area (Å²) in [6, 6.07) is 27.5. The number of sulfone groups is 1. The SMILES string of the molecule is COC(=O)[C@@H]1C[C@H](CS(=O)(=O)CCc2ccccc2)CN1C(=O)C(c1ccccc1)c1ccccc1. The van der Waals surface area contributed by atoms with Gasteiger partial charge in [0.15, 0.2) is 9.84 Å². The number of carbonyl (C=O) groups is 2. The number of hydrogen-bond acceptors (Lipinski definition) is 5. The second-order valence-corrected chi connectivity index (χ2v) is 11.5. The van der Waals surface area contributed by atoms with Crippen molar-refractivity contribution in [3.63, 3.8) is 0 Å². The molecule has 0 radical (unpaired) electrons. The predicted octanol–water partition coefficient (Wildman–Crippen LogP) is 3.87. The Kier molecular flexibility index (Phi) is 8.21. The number of nitrogens with zero attached hydrogens (tertiary/aromatic N) is 1. The molecule has 0 unspecified atom stereocenters. The lowest BCUT2D eigenvalue weighted by atomic mass is 9.90. The van der Waals surface area contributed by atoms with Crippen molar-refractivity contribution in [3.05, 3.63) is 108 Å². The number of carbonyl (C=O) groups excluding carboxylic acids is 2. The van der Waals surface area contributed by atoms with Gasteiger partial charge in [0.05, 0.1) is 24.5 Å². The van der Waals surface area contributed by atoms with E-state index in [1.807, 2.05) is 91.0 Å². The van der Waals surface area contributed by atoms with Gasteiger partial charge in [0.25, 0.3) is 0 Å². The third-order valence-corrected chi connectivity index (χ3v) is 8.50. The first kappa shape index (κ1) is 25.6. The highest BCUT2D eigenvalue weighted by molar-refractivity contribution is 7.91. The van der Waals surface area contributed by atoms with Crippen LogP contribution in [-0.4, -0.2) is 56.4 Å². The maximum absolute atomic E-state index is 14.0. The molecule has 0 spiro atoms. The van der Waals surface area contributed by atoms with Gasteiger partial charge in [-0.05, 0) is 35.4 Å². The molecule has 2 atom stereocenters. The van der Waals surface area contributed by atoms with E-state index in [0.717, 1.165) is 16.7 Å². The van der Waals surface area contributed by atoms with Gasteiger partial charge in [-0.1, -0.05) is 91.0 Å². The summed E-state index contributed by atoms with van der Waals surface area (Å²) in [6.45, 7) is 0.194. The summed E-state index contributed by atoms with van der Waals surface area (Å²) >= 11 is 0. The van der Waals surface area contributed by atoms with Gasteiger partial charge in [0.2, 0.25) is 5.91 Å². The van der Waals surface area contributed by atoms with Crippen LogP contribution in [0.15, 0.2) is 91.0 Å². The first-order chi connectivity index (χ1) is 17.4. The highest BCUT2D eigenvalue weighted by Gasteiger charge is 2.44. The molecule has 1 aliphatic heterocycles. The molecule has 4 rings (SSSR count). The van der Waals surface area contributed by atoms with Gasteiger partial charge in [0.1, 0.15) is 6.04 Å². The van der Waals surface area contributed by atoms with Crippen LogP contribution >= 0.6 is 0 Å². The number of ether oxygens (including phenoxy) is 1. The monoisotopic (exact) mass is 505 g/mol. The highest BCUT2D eigenvalue weighted by atomic mass is 32.2. The van der Waals surface area contributed by atoms with Crippen molar-refractivity contribution in [2.75, 3.05) is 25.2 Å². The zero-order valence-corrected chi connectivity index (χ0v) is 21.1. The second-order valence-electron chi connectivity index (χ2n) is 9.24. The van der Waals surface area contributed by atoms with Crippen molar-refractivity contribution in [2.45, 2.75) is 24.8 Å². The van der Waals surface area contributed by atoms with E-state index in [4.69, 9.17) is 4.74 Å². The third kappa shape index (κ3) is 6.21. The average Bonchev–Trinajstić information content (AvgIpc) is 3.32. The molecule has 1 fully saturated rings. The van der Waals surface area contributed by atoms with E-state index in [2.05, 4.69) is 0 Å². The molecule has 3 aromatic rings. The van der Waals surface area contributed by atoms with Crippen LogP contribution in [0.25, 0.3) is 0 Å². The van der Waals surface area contributed by atoms with E-state index < -0.39 is 27.8 Å². The minimum atomic E-state index is -3.38. The Morgan fingerprint density at radius 3 is 1.94 bits per heavy atom. The molecule has 0 saturated carbocycles. The first-order valence-electron chi connectivity index (χ1n) is 12.1. The number of rotatable bonds is 9. The molecule has 188 valence electrons. The summed E-state index contributed by atoms with van der Waals surface area (Å²) in [4.78, 5) is 28.2. The molecule has 3 aromatic carbocycles. The summed E-state index contributed by atoms with van der Waals surface area (Å²) in [5.74, 6) is -1.74.